The Morgan fingerprint density at radius 2 is 1.95 bits per heavy atom. The molecule has 1 amide bonds. The van der Waals surface area contributed by atoms with Crippen molar-refractivity contribution in [3.05, 3.63) is 64.7 Å². The third-order valence-electron chi connectivity index (χ3n) is 4.07. The zero-order valence-electron chi connectivity index (χ0n) is 12.6. The first-order valence-corrected chi connectivity index (χ1v) is 7.89. The van der Waals surface area contributed by atoms with Crippen LogP contribution in [0.2, 0.25) is 5.02 Å². The molecule has 114 valence electrons. The van der Waals surface area contributed by atoms with E-state index < -0.39 is 0 Å². The van der Waals surface area contributed by atoms with Crippen LogP contribution < -0.4 is 10.2 Å². The summed E-state index contributed by atoms with van der Waals surface area (Å²) in [5.41, 5.74) is 3.43. The van der Waals surface area contributed by atoms with Crippen molar-refractivity contribution in [2.75, 3.05) is 18.0 Å². The Morgan fingerprint density at radius 1 is 1.23 bits per heavy atom. The predicted octanol–water partition coefficient (Wildman–Crippen LogP) is 3.58. The van der Waals surface area contributed by atoms with Crippen LogP contribution in [-0.2, 0) is 11.2 Å². The van der Waals surface area contributed by atoms with Crippen molar-refractivity contribution >= 4 is 23.2 Å². The van der Waals surface area contributed by atoms with E-state index in [9.17, 15) is 4.79 Å². The van der Waals surface area contributed by atoms with Crippen molar-refractivity contribution in [1.82, 2.24) is 5.32 Å². The Morgan fingerprint density at radius 3 is 2.77 bits per heavy atom. The highest BCUT2D eigenvalue weighted by atomic mass is 35.5. The lowest BCUT2D eigenvalue weighted by Crippen LogP contribution is -2.37. The van der Waals surface area contributed by atoms with Gasteiger partial charge in [-0.25, -0.2) is 0 Å². The van der Waals surface area contributed by atoms with Crippen molar-refractivity contribution in [2.24, 2.45) is 0 Å². The molecular formula is C18H19ClN2O. The van der Waals surface area contributed by atoms with Gasteiger partial charge in [-0.3, -0.25) is 4.79 Å². The summed E-state index contributed by atoms with van der Waals surface area (Å²) in [6.07, 6.45) is 1.00. The highest BCUT2D eigenvalue weighted by molar-refractivity contribution is 6.31. The van der Waals surface area contributed by atoms with Gasteiger partial charge < -0.3 is 10.2 Å². The van der Waals surface area contributed by atoms with E-state index in [0.29, 0.717) is 11.6 Å². The highest BCUT2D eigenvalue weighted by Crippen LogP contribution is 2.27. The number of rotatable bonds is 4. The molecule has 3 rings (SSSR count). The summed E-state index contributed by atoms with van der Waals surface area (Å²) in [5, 5.41) is 3.71. The molecule has 0 spiro atoms. The fourth-order valence-electron chi connectivity index (χ4n) is 2.94. The minimum atomic E-state index is -0.0981. The third kappa shape index (κ3) is 3.09. The molecule has 2 aromatic carbocycles. The number of carbonyl (C=O) groups excluding carboxylic acids is 1. The molecule has 22 heavy (non-hydrogen) atoms. The topological polar surface area (TPSA) is 32.3 Å². The molecule has 0 saturated heterocycles. The maximum atomic E-state index is 12.3. The summed E-state index contributed by atoms with van der Waals surface area (Å²) in [5.74, 6) is 0.0177. The lowest BCUT2D eigenvalue weighted by molar-refractivity contribution is -0.120. The van der Waals surface area contributed by atoms with Crippen molar-refractivity contribution in [1.29, 1.82) is 0 Å². The predicted molar refractivity (Wildman–Crippen MR) is 90.4 cm³/mol. The van der Waals surface area contributed by atoms with Gasteiger partial charge in [-0.05, 0) is 36.6 Å². The van der Waals surface area contributed by atoms with Gasteiger partial charge in [0.2, 0.25) is 5.91 Å². The summed E-state index contributed by atoms with van der Waals surface area (Å²) in [6.45, 7) is 3.23. The Bertz CT molecular complexity index is 686. The number of amides is 1. The first kappa shape index (κ1) is 14.9. The summed E-state index contributed by atoms with van der Waals surface area (Å²) in [6, 6.07) is 15.8. The first-order valence-electron chi connectivity index (χ1n) is 7.52. The van der Waals surface area contributed by atoms with Crippen molar-refractivity contribution < 1.29 is 4.79 Å². The van der Waals surface area contributed by atoms with Crippen LogP contribution in [0, 0.1) is 0 Å². The van der Waals surface area contributed by atoms with Gasteiger partial charge in [-0.2, -0.15) is 0 Å². The number of nitrogens with one attached hydrogen (secondary N) is 1. The van der Waals surface area contributed by atoms with Crippen LogP contribution in [0.25, 0.3) is 0 Å². The first-order chi connectivity index (χ1) is 10.6. The second kappa shape index (κ2) is 6.41. The van der Waals surface area contributed by atoms with Crippen LogP contribution in [0.3, 0.4) is 0 Å². The van der Waals surface area contributed by atoms with E-state index in [1.807, 2.05) is 43.3 Å². The number of anilines is 1. The number of benzene rings is 2. The summed E-state index contributed by atoms with van der Waals surface area (Å²) in [7, 11) is 0. The van der Waals surface area contributed by atoms with Gasteiger partial charge in [0.1, 0.15) is 0 Å². The van der Waals surface area contributed by atoms with Gasteiger partial charge in [-0.1, -0.05) is 48.0 Å². The highest BCUT2D eigenvalue weighted by Gasteiger charge is 2.21. The van der Waals surface area contributed by atoms with Crippen LogP contribution in [0.5, 0.6) is 0 Å². The maximum Gasteiger partial charge on any atom is 0.239 e. The van der Waals surface area contributed by atoms with Crippen molar-refractivity contribution in [3.63, 3.8) is 0 Å². The smallest absolute Gasteiger partial charge is 0.239 e. The molecule has 0 aliphatic carbocycles. The minimum absolute atomic E-state index is 0.0177. The second-order valence-corrected chi connectivity index (χ2v) is 6.02. The van der Waals surface area contributed by atoms with Crippen LogP contribution >= 0.6 is 11.6 Å². The van der Waals surface area contributed by atoms with E-state index in [4.69, 9.17) is 11.6 Å². The number of carbonyl (C=O) groups is 1. The Hall–Kier alpha value is -2.00. The largest absolute Gasteiger partial charge is 0.362 e. The minimum Gasteiger partial charge on any atom is -0.362 e. The third-order valence-corrected chi connectivity index (χ3v) is 4.41. The van der Waals surface area contributed by atoms with Crippen LogP contribution in [0.1, 0.15) is 24.1 Å². The molecule has 3 nitrogen and oxygen atoms in total. The molecule has 1 heterocycles. The van der Waals surface area contributed by atoms with Gasteiger partial charge >= 0.3 is 0 Å². The molecule has 0 fully saturated rings. The number of hydrogen-bond donors (Lipinski definition) is 1. The van der Waals surface area contributed by atoms with E-state index in [-0.39, 0.29) is 11.9 Å². The fourth-order valence-corrected chi connectivity index (χ4v) is 3.23. The fraction of sp³-hybridized carbons (Fsp3) is 0.278. The molecule has 4 heteroatoms. The van der Waals surface area contributed by atoms with E-state index in [1.54, 1.807) is 0 Å². The summed E-state index contributed by atoms with van der Waals surface area (Å²) in [4.78, 5) is 14.4. The van der Waals surface area contributed by atoms with Gasteiger partial charge in [0.25, 0.3) is 0 Å². The summed E-state index contributed by atoms with van der Waals surface area (Å²) >= 11 is 6.18. The Balaban J connectivity index is 1.63. The Kier molecular flexibility index (Phi) is 4.34. The van der Waals surface area contributed by atoms with Crippen LogP contribution in [-0.4, -0.2) is 19.0 Å². The van der Waals surface area contributed by atoms with E-state index in [1.165, 1.54) is 11.3 Å². The molecule has 1 atom stereocenters. The lowest BCUT2D eigenvalue weighted by Gasteiger charge is -2.21. The van der Waals surface area contributed by atoms with Gasteiger partial charge in [-0.15, -0.1) is 0 Å². The van der Waals surface area contributed by atoms with E-state index in [0.717, 1.165) is 18.5 Å². The average Bonchev–Trinajstić information content (AvgIpc) is 2.91. The van der Waals surface area contributed by atoms with Crippen molar-refractivity contribution in [3.8, 4) is 0 Å². The van der Waals surface area contributed by atoms with Gasteiger partial charge in [0.15, 0.2) is 0 Å². The molecule has 0 saturated carbocycles. The quantitative estimate of drug-likeness (QED) is 0.935. The van der Waals surface area contributed by atoms with Crippen molar-refractivity contribution in [2.45, 2.75) is 19.4 Å². The molecule has 0 unspecified atom stereocenters. The number of nitrogens with zero attached hydrogens (tertiary/aromatic N) is 1. The number of hydrogen-bond acceptors (Lipinski definition) is 2. The number of halogens is 1. The zero-order chi connectivity index (χ0) is 15.5. The summed E-state index contributed by atoms with van der Waals surface area (Å²) < 4.78 is 0. The standard InChI is InChI=1S/C18H19ClN2O/c1-13(15-7-3-4-8-16(15)19)20-18(22)12-21-11-10-14-6-2-5-9-17(14)21/h2-9,13H,10-12H2,1H3,(H,20,22)/t13-/m1/s1. The number of para-hydroxylation sites is 1. The molecule has 2 aromatic rings. The maximum absolute atomic E-state index is 12.3. The lowest BCUT2D eigenvalue weighted by atomic mass is 10.1. The molecule has 0 aromatic heterocycles. The van der Waals surface area contributed by atoms with Gasteiger partial charge in [0.05, 0.1) is 12.6 Å². The second-order valence-electron chi connectivity index (χ2n) is 5.61. The van der Waals surface area contributed by atoms with Crippen LogP contribution in [0.4, 0.5) is 5.69 Å². The van der Waals surface area contributed by atoms with E-state index >= 15 is 0 Å². The van der Waals surface area contributed by atoms with Gasteiger partial charge in [0, 0.05) is 17.3 Å². The molecule has 0 bridgehead atoms. The molecular weight excluding hydrogens is 296 g/mol. The number of fused-ring (bicyclic) bond motifs is 1. The molecule has 1 N–H and O–H groups in total. The zero-order valence-corrected chi connectivity index (χ0v) is 13.3. The molecule has 1 aliphatic rings. The van der Waals surface area contributed by atoms with Crippen LogP contribution in [0.15, 0.2) is 48.5 Å². The average molecular weight is 315 g/mol. The normalized spacial score (nSPS) is 14.5. The SMILES string of the molecule is C[C@@H](NC(=O)CN1CCc2ccccc21)c1ccccc1Cl. The Labute approximate surface area is 135 Å². The van der Waals surface area contributed by atoms with E-state index in [2.05, 4.69) is 22.3 Å². The monoisotopic (exact) mass is 314 g/mol. The molecule has 0 radical (unpaired) electrons. The molecule has 1 aliphatic heterocycles.